The Labute approximate surface area is 196 Å². The smallest absolute Gasteiger partial charge is 0.304 e. The zero-order chi connectivity index (χ0) is 25.5. The molecule has 1 aliphatic heterocycles. The van der Waals surface area contributed by atoms with Crippen molar-refractivity contribution in [3.05, 3.63) is 35.9 Å². The van der Waals surface area contributed by atoms with E-state index >= 15 is 0 Å². The minimum absolute atomic E-state index is 0.445. The number of nitrogens with one attached hydrogen (secondary N) is 1. The Morgan fingerprint density at radius 2 is 1.41 bits per heavy atom. The van der Waals surface area contributed by atoms with E-state index in [9.17, 15) is 27.6 Å². The molecule has 0 unspecified atom stereocenters. The van der Waals surface area contributed by atoms with Gasteiger partial charge in [0.2, 0.25) is 16.3 Å². The van der Waals surface area contributed by atoms with Gasteiger partial charge in [-0.1, -0.05) is 30.3 Å². The van der Waals surface area contributed by atoms with Crippen molar-refractivity contribution in [2.24, 2.45) is 0 Å². The van der Waals surface area contributed by atoms with Crippen molar-refractivity contribution in [1.29, 1.82) is 0 Å². The van der Waals surface area contributed by atoms with Crippen LogP contribution in [0.15, 0.2) is 30.3 Å². The third-order valence-electron chi connectivity index (χ3n) is 4.50. The molecule has 1 fully saturated rings. The fourth-order valence-electron chi connectivity index (χ4n) is 3.34. The monoisotopic (exact) mass is 501 g/mol. The maximum atomic E-state index is 12.9. The lowest BCUT2D eigenvalue weighted by Crippen LogP contribution is -2.67. The summed E-state index contributed by atoms with van der Waals surface area (Å²) >= 11 is 0. The minimum atomic E-state index is -4.11. The summed E-state index contributed by atoms with van der Waals surface area (Å²) < 4.78 is 54.5. The Kier molecular flexibility index (Phi) is 9.53. The zero-order valence-electron chi connectivity index (χ0n) is 19.1. The maximum absolute atomic E-state index is 12.9. The van der Waals surface area contributed by atoms with Gasteiger partial charge in [-0.25, -0.2) is 13.1 Å². The van der Waals surface area contributed by atoms with Gasteiger partial charge in [0.05, 0.1) is 5.75 Å². The molecule has 2 rings (SSSR count). The van der Waals surface area contributed by atoms with Crippen molar-refractivity contribution in [2.45, 2.75) is 64.1 Å². The highest BCUT2D eigenvalue weighted by atomic mass is 32.2. The van der Waals surface area contributed by atoms with Gasteiger partial charge in [-0.15, -0.1) is 0 Å². The van der Waals surface area contributed by atoms with E-state index in [1.165, 1.54) is 0 Å². The highest BCUT2D eigenvalue weighted by molar-refractivity contribution is 7.88. The molecule has 13 heteroatoms. The Morgan fingerprint density at radius 1 is 0.853 bits per heavy atom. The van der Waals surface area contributed by atoms with E-state index in [0.29, 0.717) is 5.56 Å². The summed E-state index contributed by atoms with van der Waals surface area (Å²) in [6.07, 6.45) is -5.71. The van der Waals surface area contributed by atoms with Crippen LogP contribution in [0.4, 0.5) is 0 Å². The zero-order valence-corrected chi connectivity index (χ0v) is 19.9. The second kappa shape index (κ2) is 11.9. The molecule has 34 heavy (non-hydrogen) atoms. The molecule has 1 aromatic carbocycles. The van der Waals surface area contributed by atoms with Gasteiger partial charge in [0.1, 0.15) is 18.8 Å². The quantitative estimate of drug-likeness (QED) is 0.363. The third-order valence-corrected chi connectivity index (χ3v) is 5.84. The van der Waals surface area contributed by atoms with Crippen LogP contribution in [0.1, 0.15) is 33.3 Å². The molecule has 0 aromatic heterocycles. The van der Waals surface area contributed by atoms with E-state index in [4.69, 9.17) is 23.7 Å². The molecule has 0 aliphatic carbocycles. The van der Waals surface area contributed by atoms with Gasteiger partial charge in [0.15, 0.2) is 12.2 Å². The van der Waals surface area contributed by atoms with Crippen LogP contribution in [-0.4, -0.2) is 69.5 Å². The molecular weight excluding hydrogens is 474 g/mol. The van der Waals surface area contributed by atoms with Gasteiger partial charge in [-0.2, -0.15) is 0 Å². The Bertz CT molecular complexity index is 995. The number of esters is 4. The molecule has 1 saturated heterocycles. The van der Waals surface area contributed by atoms with E-state index in [-0.39, 0.29) is 0 Å². The Balaban J connectivity index is 2.45. The van der Waals surface area contributed by atoms with Gasteiger partial charge in [0.25, 0.3) is 0 Å². The van der Waals surface area contributed by atoms with Crippen LogP contribution < -0.4 is 4.72 Å². The van der Waals surface area contributed by atoms with Crippen molar-refractivity contribution in [3.63, 3.8) is 0 Å². The molecule has 5 atom stereocenters. The Morgan fingerprint density at radius 3 is 1.94 bits per heavy atom. The standard InChI is InChI=1S/C21H27NO11S/c1-12(23)29-10-17-19(30-13(2)24)20(31-14(3)25)18(21(33-17)32-15(4)26)22-34(27,28)11-16-8-6-5-7-9-16/h5-9,17-22H,10-11H2,1-4H3/t17-,18-,19-,20+,21+/m0/s1. The van der Waals surface area contributed by atoms with Crippen LogP contribution in [0, 0.1) is 0 Å². The predicted octanol–water partition coefficient (Wildman–Crippen LogP) is 0.189. The van der Waals surface area contributed by atoms with Crippen molar-refractivity contribution >= 4 is 33.9 Å². The van der Waals surface area contributed by atoms with Crippen LogP contribution in [0.3, 0.4) is 0 Å². The molecule has 1 aromatic rings. The predicted molar refractivity (Wildman–Crippen MR) is 114 cm³/mol. The third kappa shape index (κ3) is 8.39. The van der Waals surface area contributed by atoms with Gasteiger partial charge < -0.3 is 23.7 Å². The first-order chi connectivity index (χ1) is 15.9. The number of rotatable bonds is 9. The van der Waals surface area contributed by atoms with Crippen LogP contribution in [0.25, 0.3) is 0 Å². The average Bonchev–Trinajstić information content (AvgIpc) is 2.70. The highest BCUT2D eigenvalue weighted by Gasteiger charge is 2.52. The molecule has 0 spiro atoms. The summed E-state index contributed by atoms with van der Waals surface area (Å²) in [7, 11) is -4.11. The molecule has 12 nitrogen and oxygen atoms in total. The molecule has 0 amide bonds. The number of sulfonamides is 1. The number of carbonyl (C=O) groups excluding carboxylic acids is 4. The molecule has 0 bridgehead atoms. The van der Waals surface area contributed by atoms with Gasteiger partial charge in [-0.05, 0) is 5.56 Å². The van der Waals surface area contributed by atoms with Crippen LogP contribution >= 0.6 is 0 Å². The number of hydrogen-bond acceptors (Lipinski definition) is 11. The summed E-state index contributed by atoms with van der Waals surface area (Å²) in [5, 5.41) is 0. The maximum Gasteiger partial charge on any atom is 0.304 e. The Hall–Kier alpha value is -3.03. The molecule has 1 aliphatic rings. The second-order valence-corrected chi connectivity index (χ2v) is 9.25. The SMILES string of the molecule is CC(=O)OC[C@@H]1O[C@@H](OC(C)=O)[C@@H](NS(=O)(=O)Cc2ccccc2)[C@@H](OC(C)=O)[C@H]1OC(C)=O. The van der Waals surface area contributed by atoms with E-state index in [2.05, 4.69) is 4.72 Å². The van der Waals surface area contributed by atoms with E-state index in [1.807, 2.05) is 0 Å². The molecule has 0 saturated carbocycles. The normalized spacial score (nSPS) is 24.5. The van der Waals surface area contributed by atoms with Crippen molar-refractivity contribution in [1.82, 2.24) is 4.72 Å². The largest absolute Gasteiger partial charge is 0.463 e. The highest BCUT2D eigenvalue weighted by Crippen LogP contribution is 2.28. The van der Waals surface area contributed by atoms with Crippen LogP contribution in [0.5, 0.6) is 0 Å². The molecule has 0 radical (unpaired) electrons. The summed E-state index contributed by atoms with van der Waals surface area (Å²) in [4.78, 5) is 46.7. The van der Waals surface area contributed by atoms with Crippen molar-refractivity contribution < 1.29 is 51.3 Å². The lowest BCUT2D eigenvalue weighted by molar-refractivity contribution is -0.269. The average molecular weight is 502 g/mol. The first-order valence-corrected chi connectivity index (χ1v) is 11.9. The first-order valence-electron chi connectivity index (χ1n) is 10.2. The van der Waals surface area contributed by atoms with Crippen molar-refractivity contribution in [2.75, 3.05) is 6.61 Å². The fourth-order valence-corrected chi connectivity index (χ4v) is 4.71. The van der Waals surface area contributed by atoms with Gasteiger partial charge >= 0.3 is 23.9 Å². The molecule has 1 N–H and O–H groups in total. The fraction of sp³-hybridized carbons (Fsp3) is 0.524. The lowest BCUT2D eigenvalue weighted by atomic mass is 9.97. The number of benzene rings is 1. The van der Waals surface area contributed by atoms with E-state index < -0.39 is 76.9 Å². The molecule has 1 heterocycles. The second-order valence-electron chi connectivity index (χ2n) is 7.49. The molecule has 188 valence electrons. The lowest BCUT2D eigenvalue weighted by Gasteiger charge is -2.44. The summed E-state index contributed by atoms with van der Waals surface area (Å²) in [5.74, 6) is -3.57. The molecular formula is C21H27NO11S. The first kappa shape index (κ1) is 27.2. The number of carbonyl (C=O) groups is 4. The van der Waals surface area contributed by atoms with E-state index in [1.54, 1.807) is 30.3 Å². The van der Waals surface area contributed by atoms with Crippen molar-refractivity contribution in [3.8, 4) is 0 Å². The summed E-state index contributed by atoms with van der Waals surface area (Å²) in [6, 6.07) is 6.75. The van der Waals surface area contributed by atoms with E-state index in [0.717, 1.165) is 27.7 Å². The summed E-state index contributed by atoms with van der Waals surface area (Å²) in [5.41, 5.74) is 0.462. The van der Waals surface area contributed by atoms with Gasteiger partial charge in [-0.3, -0.25) is 19.2 Å². The summed E-state index contributed by atoms with van der Waals surface area (Å²) in [6.45, 7) is 3.90. The number of hydrogen-bond donors (Lipinski definition) is 1. The van der Waals surface area contributed by atoms with Crippen LogP contribution in [-0.2, 0) is 58.6 Å². The topological polar surface area (TPSA) is 161 Å². The minimum Gasteiger partial charge on any atom is -0.463 e. The van der Waals surface area contributed by atoms with Gasteiger partial charge in [0, 0.05) is 27.7 Å². The number of ether oxygens (including phenoxy) is 5. The van der Waals surface area contributed by atoms with Crippen LogP contribution in [0.2, 0.25) is 0 Å².